The van der Waals surface area contributed by atoms with E-state index in [1.165, 1.54) is 31.3 Å². The highest BCUT2D eigenvalue weighted by Crippen LogP contribution is 2.22. The van der Waals surface area contributed by atoms with E-state index in [1.807, 2.05) is 7.11 Å². The van der Waals surface area contributed by atoms with E-state index >= 15 is 0 Å². The molecule has 1 aliphatic rings. The third-order valence-electron chi connectivity index (χ3n) is 3.91. The summed E-state index contributed by atoms with van der Waals surface area (Å²) >= 11 is 0. The van der Waals surface area contributed by atoms with E-state index < -0.39 is 0 Å². The van der Waals surface area contributed by atoms with Crippen LogP contribution in [0.3, 0.4) is 0 Å². The lowest BCUT2D eigenvalue weighted by Gasteiger charge is -2.22. The summed E-state index contributed by atoms with van der Waals surface area (Å²) in [6.45, 7) is 6.83. The Bertz CT molecular complexity index is 275. The molecule has 2 atom stereocenters. The number of ether oxygens (including phenoxy) is 1. The Hall–Kier alpha value is -0.560. The van der Waals surface area contributed by atoms with Crippen molar-refractivity contribution in [1.82, 2.24) is 0 Å². The minimum Gasteiger partial charge on any atom is -0.381 e. The van der Waals surface area contributed by atoms with Crippen LogP contribution in [0.5, 0.6) is 0 Å². The lowest BCUT2D eigenvalue weighted by atomic mass is 9.93. The fraction of sp³-hybridized carbons (Fsp3) is 0.750. The SMILES string of the molecule is COC1CC/C=C(\C)CCC(C)=CCCC1C. The van der Waals surface area contributed by atoms with Crippen molar-refractivity contribution in [3.05, 3.63) is 23.3 Å². The quantitative estimate of drug-likeness (QED) is 0.589. The molecule has 0 spiro atoms. The molecule has 0 fully saturated rings. The molecule has 0 bridgehead atoms. The molecule has 17 heavy (non-hydrogen) atoms. The van der Waals surface area contributed by atoms with E-state index in [4.69, 9.17) is 4.74 Å². The predicted molar refractivity (Wildman–Crippen MR) is 75.2 cm³/mol. The normalized spacial score (nSPS) is 31.8. The first-order valence-electron chi connectivity index (χ1n) is 6.97. The van der Waals surface area contributed by atoms with E-state index in [1.54, 1.807) is 5.57 Å². The highest BCUT2D eigenvalue weighted by Gasteiger charge is 2.15. The van der Waals surface area contributed by atoms with Gasteiger partial charge in [0.1, 0.15) is 0 Å². The van der Waals surface area contributed by atoms with Crippen LogP contribution in [-0.4, -0.2) is 13.2 Å². The molecule has 0 aromatic carbocycles. The molecule has 1 heteroatoms. The Labute approximate surface area is 107 Å². The molecule has 0 aromatic rings. The summed E-state index contributed by atoms with van der Waals surface area (Å²) in [4.78, 5) is 0. The van der Waals surface area contributed by atoms with E-state index in [0.717, 1.165) is 12.8 Å². The summed E-state index contributed by atoms with van der Waals surface area (Å²) in [5, 5.41) is 0. The molecule has 0 N–H and O–H groups in total. The van der Waals surface area contributed by atoms with Crippen LogP contribution in [0.25, 0.3) is 0 Å². The van der Waals surface area contributed by atoms with Crippen LogP contribution in [0, 0.1) is 5.92 Å². The number of methoxy groups -OCH3 is 1. The highest BCUT2D eigenvalue weighted by atomic mass is 16.5. The average molecular weight is 236 g/mol. The van der Waals surface area contributed by atoms with Gasteiger partial charge in [0.25, 0.3) is 0 Å². The molecule has 0 saturated carbocycles. The van der Waals surface area contributed by atoms with Gasteiger partial charge in [0.15, 0.2) is 0 Å². The molecule has 1 nitrogen and oxygen atoms in total. The van der Waals surface area contributed by atoms with E-state index in [9.17, 15) is 0 Å². The predicted octanol–water partition coefficient (Wildman–Crippen LogP) is 4.88. The second-order valence-electron chi connectivity index (χ2n) is 5.51. The number of rotatable bonds is 1. The zero-order valence-electron chi connectivity index (χ0n) is 12.0. The first-order chi connectivity index (χ1) is 8.13. The number of allylic oxidation sites excluding steroid dienone is 4. The van der Waals surface area contributed by atoms with Gasteiger partial charge in [-0.2, -0.15) is 0 Å². The molecular weight excluding hydrogens is 208 g/mol. The fourth-order valence-electron chi connectivity index (χ4n) is 2.51. The molecule has 0 saturated heterocycles. The molecule has 2 unspecified atom stereocenters. The second kappa shape index (κ2) is 7.71. The Morgan fingerprint density at radius 3 is 2.06 bits per heavy atom. The van der Waals surface area contributed by atoms with Gasteiger partial charge >= 0.3 is 0 Å². The van der Waals surface area contributed by atoms with Crippen molar-refractivity contribution in [3.63, 3.8) is 0 Å². The molecule has 1 rings (SSSR count). The first-order valence-corrected chi connectivity index (χ1v) is 6.97. The molecule has 0 amide bonds. The van der Waals surface area contributed by atoms with Crippen molar-refractivity contribution in [1.29, 1.82) is 0 Å². The molecular formula is C16H28O. The van der Waals surface area contributed by atoms with Gasteiger partial charge in [-0.3, -0.25) is 0 Å². The van der Waals surface area contributed by atoms with Crippen molar-refractivity contribution < 1.29 is 4.74 Å². The van der Waals surface area contributed by atoms with E-state index in [0.29, 0.717) is 12.0 Å². The van der Waals surface area contributed by atoms with Gasteiger partial charge in [-0.25, -0.2) is 0 Å². The topological polar surface area (TPSA) is 9.23 Å². The van der Waals surface area contributed by atoms with Crippen molar-refractivity contribution >= 4 is 0 Å². The first kappa shape index (κ1) is 14.5. The minimum atomic E-state index is 0.423. The monoisotopic (exact) mass is 236 g/mol. The minimum absolute atomic E-state index is 0.423. The van der Waals surface area contributed by atoms with Crippen LogP contribution in [0.15, 0.2) is 23.3 Å². The maximum Gasteiger partial charge on any atom is 0.0599 e. The van der Waals surface area contributed by atoms with Gasteiger partial charge in [-0.1, -0.05) is 30.2 Å². The molecule has 0 aromatic heterocycles. The second-order valence-corrected chi connectivity index (χ2v) is 5.51. The maximum atomic E-state index is 5.62. The Morgan fingerprint density at radius 1 is 1.00 bits per heavy atom. The van der Waals surface area contributed by atoms with Gasteiger partial charge in [0.2, 0.25) is 0 Å². The van der Waals surface area contributed by atoms with Crippen molar-refractivity contribution in [2.45, 2.75) is 65.4 Å². The average Bonchev–Trinajstić information content (AvgIpc) is 2.30. The Balaban J connectivity index is 2.65. The van der Waals surface area contributed by atoms with E-state index in [2.05, 4.69) is 32.9 Å². The van der Waals surface area contributed by atoms with E-state index in [-0.39, 0.29) is 0 Å². The third kappa shape index (κ3) is 5.54. The Kier molecular flexibility index (Phi) is 6.57. The Morgan fingerprint density at radius 2 is 1.53 bits per heavy atom. The zero-order valence-corrected chi connectivity index (χ0v) is 12.0. The van der Waals surface area contributed by atoms with Crippen molar-refractivity contribution in [3.8, 4) is 0 Å². The van der Waals surface area contributed by atoms with Crippen LogP contribution in [-0.2, 0) is 4.74 Å². The zero-order chi connectivity index (χ0) is 12.7. The van der Waals surface area contributed by atoms with Crippen LogP contribution in [0.4, 0.5) is 0 Å². The maximum absolute atomic E-state index is 5.62. The van der Waals surface area contributed by atoms with Gasteiger partial charge in [0.05, 0.1) is 6.10 Å². The van der Waals surface area contributed by atoms with Gasteiger partial charge in [-0.05, 0) is 58.3 Å². The van der Waals surface area contributed by atoms with Gasteiger partial charge in [0, 0.05) is 7.11 Å². The van der Waals surface area contributed by atoms with Crippen LogP contribution >= 0.6 is 0 Å². The van der Waals surface area contributed by atoms with Crippen molar-refractivity contribution in [2.75, 3.05) is 7.11 Å². The summed E-state index contributed by atoms with van der Waals surface area (Å²) < 4.78 is 5.62. The summed E-state index contributed by atoms with van der Waals surface area (Å²) in [6.07, 6.45) is 12.5. The summed E-state index contributed by atoms with van der Waals surface area (Å²) in [6, 6.07) is 0. The number of hydrogen-bond donors (Lipinski definition) is 0. The van der Waals surface area contributed by atoms with Crippen molar-refractivity contribution in [2.24, 2.45) is 5.92 Å². The molecule has 0 radical (unpaired) electrons. The van der Waals surface area contributed by atoms with Crippen LogP contribution in [0.1, 0.15) is 59.3 Å². The van der Waals surface area contributed by atoms with Crippen LogP contribution in [0.2, 0.25) is 0 Å². The molecule has 0 aliphatic heterocycles. The summed E-state index contributed by atoms with van der Waals surface area (Å²) in [7, 11) is 1.85. The standard InChI is InChI=1S/C16H28O/c1-13-7-5-9-15(3)16(17-4)10-6-8-14(2)12-11-13/h7-8,15-16H,5-6,9-12H2,1-4H3/b13-7?,14-8+. The largest absolute Gasteiger partial charge is 0.381 e. The molecule has 1 aliphatic carbocycles. The smallest absolute Gasteiger partial charge is 0.0599 e. The molecule has 98 valence electrons. The van der Waals surface area contributed by atoms with Gasteiger partial charge < -0.3 is 4.74 Å². The summed E-state index contributed by atoms with van der Waals surface area (Å²) in [5.41, 5.74) is 3.07. The van der Waals surface area contributed by atoms with Gasteiger partial charge in [-0.15, -0.1) is 0 Å². The lowest BCUT2D eigenvalue weighted by molar-refractivity contribution is 0.0497. The third-order valence-corrected chi connectivity index (χ3v) is 3.91. The summed E-state index contributed by atoms with van der Waals surface area (Å²) in [5.74, 6) is 0.664. The number of hydrogen-bond acceptors (Lipinski definition) is 1. The highest BCUT2D eigenvalue weighted by molar-refractivity contribution is 5.05. The lowest BCUT2D eigenvalue weighted by Crippen LogP contribution is -2.20. The molecule has 0 heterocycles. The fourth-order valence-corrected chi connectivity index (χ4v) is 2.51. The van der Waals surface area contributed by atoms with Crippen LogP contribution < -0.4 is 0 Å².